The van der Waals surface area contributed by atoms with Crippen molar-refractivity contribution in [2.75, 3.05) is 7.11 Å². The van der Waals surface area contributed by atoms with Crippen LogP contribution in [0.2, 0.25) is 0 Å². The van der Waals surface area contributed by atoms with Gasteiger partial charge in [0.1, 0.15) is 11.9 Å². The van der Waals surface area contributed by atoms with Gasteiger partial charge in [-0.3, -0.25) is 0 Å². The second kappa shape index (κ2) is 8.46. The van der Waals surface area contributed by atoms with E-state index in [1.54, 1.807) is 20.8 Å². The zero-order chi connectivity index (χ0) is 18.4. The maximum absolute atomic E-state index is 12.4. The molecule has 0 aliphatic carbocycles. The standard InChI is InChI=1S/C17H22INO5/c1-16(2,3)24-15(22)19-17(8-9-20,14(21)23-4)11-12-6-5-7-13(18)10-12/h5-7,9-10H,8,11H2,1-4H3,(H,19,22). The van der Waals surface area contributed by atoms with Crippen molar-refractivity contribution in [3.05, 3.63) is 33.4 Å². The molecule has 1 aromatic rings. The molecule has 0 spiro atoms. The highest BCUT2D eigenvalue weighted by Crippen LogP contribution is 2.21. The molecule has 132 valence electrons. The minimum absolute atomic E-state index is 0.120. The molecule has 6 nitrogen and oxygen atoms in total. The summed E-state index contributed by atoms with van der Waals surface area (Å²) in [6.45, 7) is 5.14. The van der Waals surface area contributed by atoms with Gasteiger partial charge in [-0.25, -0.2) is 9.59 Å². The molecule has 0 heterocycles. The average molecular weight is 447 g/mol. The van der Waals surface area contributed by atoms with E-state index < -0.39 is 23.2 Å². The molecule has 0 aliphatic rings. The number of carbonyl (C=O) groups is 3. The number of alkyl carbamates (subject to hydrolysis) is 1. The van der Waals surface area contributed by atoms with Gasteiger partial charge in [0.15, 0.2) is 5.54 Å². The van der Waals surface area contributed by atoms with Crippen molar-refractivity contribution in [1.82, 2.24) is 5.32 Å². The zero-order valence-electron chi connectivity index (χ0n) is 14.2. The Morgan fingerprint density at radius 3 is 2.46 bits per heavy atom. The number of carbonyl (C=O) groups excluding carboxylic acids is 3. The zero-order valence-corrected chi connectivity index (χ0v) is 16.4. The number of hydrogen-bond acceptors (Lipinski definition) is 5. The first kappa shape index (κ1) is 20.4. The molecular weight excluding hydrogens is 425 g/mol. The van der Waals surface area contributed by atoms with E-state index in [1.807, 2.05) is 24.3 Å². The third kappa shape index (κ3) is 6.10. The highest BCUT2D eigenvalue weighted by Gasteiger charge is 2.42. The number of rotatable bonds is 6. The molecule has 1 atom stereocenters. The van der Waals surface area contributed by atoms with Crippen molar-refractivity contribution in [2.45, 2.75) is 44.8 Å². The third-order valence-electron chi connectivity index (χ3n) is 3.14. The predicted octanol–water partition coefficient (Wildman–Crippen LogP) is 2.86. The molecule has 0 bridgehead atoms. The maximum atomic E-state index is 12.4. The number of aldehydes is 1. The molecule has 0 aliphatic heterocycles. The lowest BCUT2D eigenvalue weighted by atomic mass is 9.88. The average Bonchev–Trinajstić information content (AvgIpc) is 2.44. The molecular formula is C17H22INO5. The van der Waals surface area contributed by atoms with Gasteiger partial charge in [-0.15, -0.1) is 0 Å². The first-order valence-electron chi connectivity index (χ1n) is 7.39. The van der Waals surface area contributed by atoms with E-state index in [4.69, 9.17) is 9.47 Å². The van der Waals surface area contributed by atoms with Crippen molar-refractivity contribution in [3.63, 3.8) is 0 Å². The summed E-state index contributed by atoms with van der Waals surface area (Å²) < 4.78 is 11.0. The Bertz CT molecular complexity index is 611. The Hall–Kier alpha value is -1.64. The molecule has 1 rings (SSSR count). The number of benzene rings is 1. The number of esters is 1. The van der Waals surface area contributed by atoms with Gasteiger partial charge < -0.3 is 19.6 Å². The lowest BCUT2D eigenvalue weighted by molar-refractivity contribution is -0.149. The van der Waals surface area contributed by atoms with E-state index in [0.717, 1.165) is 9.13 Å². The minimum atomic E-state index is -1.51. The SMILES string of the molecule is COC(=O)C(CC=O)(Cc1cccc(I)c1)NC(=O)OC(C)(C)C. The van der Waals surface area contributed by atoms with Gasteiger partial charge in [0.2, 0.25) is 0 Å². The second-order valence-electron chi connectivity index (χ2n) is 6.38. The predicted molar refractivity (Wildman–Crippen MR) is 97.7 cm³/mol. The Labute approximate surface area is 155 Å². The monoisotopic (exact) mass is 447 g/mol. The fourth-order valence-corrected chi connectivity index (χ4v) is 2.81. The van der Waals surface area contributed by atoms with Gasteiger partial charge in [-0.1, -0.05) is 12.1 Å². The first-order valence-corrected chi connectivity index (χ1v) is 8.47. The van der Waals surface area contributed by atoms with Crippen LogP contribution in [0.25, 0.3) is 0 Å². The van der Waals surface area contributed by atoms with Crippen LogP contribution in [0.3, 0.4) is 0 Å². The van der Waals surface area contributed by atoms with Crippen LogP contribution in [-0.4, -0.2) is 36.6 Å². The smallest absolute Gasteiger partial charge is 0.408 e. The molecule has 0 radical (unpaired) electrons. The fraction of sp³-hybridized carbons (Fsp3) is 0.471. The van der Waals surface area contributed by atoms with Gasteiger partial charge >= 0.3 is 12.1 Å². The van der Waals surface area contributed by atoms with Gasteiger partial charge in [0, 0.05) is 16.4 Å². The second-order valence-corrected chi connectivity index (χ2v) is 7.62. The van der Waals surface area contributed by atoms with E-state index in [1.165, 1.54) is 7.11 Å². The van der Waals surface area contributed by atoms with Crippen molar-refractivity contribution >= 4 is 40.9 Å². The van der Waals surface area contributed by atoms with E-state index in [0.29, 0.717) is 6.29 Å². The largest absolute Gasteiger partial charge is 0.467 e. The molecule has 0 saturated heterocycles. The van der Waals surface area contributed by atoms with Gasteiger partial charge in [-0.05, 0) is 61.1 Å². The topological polar surface area (TPSA) is 81.7 Å². The summed E-state index contributed by atoms with van der Waals surface area (Å²) in [7, 11) is 1.22. The lowest BCUT2D eigenvalue weighted by Crippen LogP contribution is -2.57. The van der Waals surface area contributed by atoms with Crippen molar-refractivity contribution in [2.24, 2.45) is 0 Å². The van der Waals surface area contributed by atoms with Crippen molar-refractivity contribution < 1.29 is 23.9 Å². The molecule has 0 fully saturated rings. The number of methoxy groups -OCH3 is 1. The first-order chi connectivity index (χ1) is 11.1. The van der Waals surface area contributed by atoms with Crippen molar-refractivity contribution in [1.29, 1.82) is 0 Å². The number of ether oxygens (including phenoxy) is 2. The quantitative estimate of drug-likeness (QED) is 0.412. The van der Waals surface area contributed by atoms with Crippen LogP contribution in [0.4, 0.5) is 4.79 Å². The lowest BCUT2D eigenvalue weighted by Gasteiger charge is -2.31. The number of amides is 1. The van der Waals surface area contributed by atoms with Crippen LogP contribution < -0.4 is 5.32 Å². The molecule has 1 N–H and O–H groups in total. The van der Waals surface area contributed by atoms with E-state index in [2.05, 4.69) is 27.9 Å². The van der Waals surface area contributed by atoms with E-state index >= 15 is 0 Å². The van der Waals surface area contributed by atoms with E-state index in [-0.39, 0.29) is 12.8 Å². The summed E-state index contributed by atoms with van der Waals surface area (Å²) in [5.74, 6) is -0.695. The van der Waals surface area contributed by atoms with Crippen LogP contribution in [0, 0.1) is 3.57 Å². The summed E-state index contributed by atoms with van der Waals surface area (Å²) >= 11 is 2.15. The summed E-state index contributed by atoms with van der Waals surface area (Å²) in [6, 6.07) is 7.44. The minimum Gasteiger partial charge on any atom is -0.467 e. The molecule has 1 amide bonds. The summed E-state index contributed by atoms with van der Waals surface area (Å²) in [6.07, 6.45) is -0.290. The normalized spacial score (nSPS) is 13.5. The van der Waals surface area contributed by atoms with Crippen LogP contribution in [0.5, 0.6) is 0 Å². The third-order valence-corrected chi connectivity index (χ3v) is 3.81. The molecule has 1 aromatic carbocycles. The van der Waals surface area contributed by atoms with Gasteiger partial charge in [0.05, 0.1) is 7.11 Å². The maximum Gasteiger partial charge on any atom is 0.408 e. The van der Waals surface area contributed by atoms with Gasteiger partial charge in [-0.2, -0.15) is 0 Å². The Morgan fingerprint density at radius 1 is 1.29 bits per heavy atom. The highest BCUT2D eigenvalue weighted by atomic mass is 127. The number of halogens is 1. The molecule has 1 unspecified atom stereocenters. The summed E-state index contributed by atoms with van der Waals surface area (Å²) in [5, 5.41) is 2.54. The molecule has 24 heavy (non-hydrogen) atoms. The number of hydrogen-bond donors (Lipinski definition) is 1. The Morgan fingerprint density at radius 2 is 1.96 bits per heavy atom. The summed E-state index contributed by atoms with van der Waals surface area (Å²) in [4.78, 5) is 35.7. The Balaban J connectivity index is 3.16. The fourth-order valence-electron chi connectivity index (χ4n) is 2.21. The van der Waals surface area contributed by atoms with Crippen LogP contribution in [0.1, 0.15) is 32.8 Å². The van der Waals surface area contributed by atoms with Crippen LogP contribution in [0.15, 0.2) is 24.3 Å². The van der Waals surface area contributed by atoms with E-state index in [9.17, 15) is 14.4 Å². The summed E-state index contributed by atoms with van der Waals surface area (Å²) in [5.41, 5.74) is -1.44. The van der Waals surface area contributed by atoms with Crippen LogP contribution in [-0.2, 0) is 25.5 Å². The molecule has 0 saturated carbocycles. The molecule has 7 heteroatoms. The van der Waals surface area contributed by atoms with Crippen molar-refractivity contribution in [3.8, 4) is 0 Å². The van der Waals surface area contributed by atoms with Gasteiger partial charge in [0.25, 0.3) is 0 Å². The highest BCUT2D eigenvalue weighted by molar-refractivity contribution is 14.1. The number of nitrogens with one attached hydrogen (secondary N) is 1. The Kier molecular flexibility index (Phi) is 7.19. The van der Waals surface area contributed by atoms with Crippen LogP contribution >= 0.6 is 22.6 Å². The molecule has 0 aromatic heterocycles.